The van der Waals surface area contributed by atoms with Gasteiger partial charge in [0, 0.05) is 24.8 Å². The second-order valence-electron chi connectivity index (χ2n) is 6.81. The first-order valence-corrected chi connectivity index (χ1v) is 9.77. The number of carbonyl (C=O) groups excluding carboxylic acids is 3. The summed E-state index contributed by atoms with van der Waals surface area (Å²) in [6.45, 7) is 2.54. The summed E-state index contributed by atoms with van der Waals surface area (Å²) < 4.78 is 10.4. The molecule has 1 aliphatic rings. The lowest BCUT2D eigenvalue weighted by atomic mass is 9.83. The second kappa shape index (κ2) is 8.84. The standard InChI is InChI=1S/C21H19Cl2NO5/c1-11(25)28-19-8-13-3-4-14(7-15(13)9-20(19)29-12(2)26)21(27)24-18-6-5-16(22)10-17(18)23/h5-6,8-10,14H,3-4,7H2,1-2H3,(H,24,27). The lowest BCUT2D eigenvalue weighted by molar-refractivity contribution is -0.134. The van der Waals surface area contributed by atoms with Gasteiger partial charge in [-0.3, -0.25) is 14.4 Å². The van der Waals surface area contributed by atoms with Gasteiger partial charge in [-0.25, -0.2) is 0 Å². The third kappa shape index (κ3) is 5.28. The molecule has 0 aliphatic heterocycles. The molecular formula is C21H19Cl2NO5. The maximum atomic E-state index is 12.7. The minimum atomic E-state index is -0.527. The predicted molar refractivity (Wildman–Crippen MR) is 110 cm³/mol. The van der Waals surface area contributed by atoms with Crippen molar-refractivity contribution in [2.45, 2.75) is 33.1 Å². The topological polar surface area (TPSA) is 81.7 Å². The normalized spacial score (nSPS) is 15.2. The second-order valence-corrected chi connectivity index (χ2v) is 7.65. The highest BCUT2D eigenvalue weighted by atomic mass is 35.5. The van der Waals surface area contributed by atoms with Crippen LogP contribution in [0.2, 0.25) is 10.0 Å². The van der Waals surface area contributed by atoms with E-state index in [1.165, 1.54) is 13.8 Å². The van der Waals surface area contributed by atoms with Crippen molar-refractivity contribution in [3.05, 3.63) is 51.5 Å². The van der Waals surface area contributed by atoms with Crippen LogP contribution in [0.1, 0.15) is 31.4 Å². The Morgan fingerprint density at radius 3 is 2.17 bits per heavy atom. The van der Waals surface area contributed by atoms with E-state index in [4.69, 9.17) is 32.7 Å². The quantitative estimate of drug-likeness (QED) is 0.560. The SMILES string of the molecule is CC(=O)Oc1cc2c(cc1OC(C)=O)CC(C(=O)Nc1ccc(Cl)cc1Cl)CC2. The molecule has 1 atom stereocenters. The van der Waals surface area contributed by atoms with Crippen molar-refractivity contribution in [3.63, 3.8) is 0 Å². The van der Waals surface area contributed by atoms with Gasteiger partial charge in [-0.1, -0.05) is 23.2 Å². The van der Waals surface area contributed by atoms with Crippen LogP contribution in [0.15, 0.2) is 30.3 Å². The molecule has 29 heavy (non-hydrogen) atoms. The molecule has 0 fully saturated rings. The van der Waals surface area contributed by atoms with Gasteiger partial charge in [0.15, 0.2) is 11.5 Å². The van der Waals surface area contributed by atoms with E-state index in [0.717, 1.165) is 11.1 Å². The zero-order valence-corrected chi connectivity index (χ0v) is 17.4. The smallest absolute Gasteiger partial charge is 0.308 e. The zero-order chi connectivity index (χ0) is 21.1. The molecular weight excluding hydrogens is 417 g/mol. The number of hydrogen-bond donors (Lipinski definition) is 1. The Labute approximate surface area is 178 Å². The molecule has 2 aromatic carbocycles. The van der Waals surface area contributed by atoms with Gasteiger partial charge >= 0.3 is 11.9 Å². The summed E-state index contributed by atoms with van der Waals surface area (Å²) in [6, 6.07) is 8.23. The van der Waals surface area contributed by atoms with E-state index in [0.29, 0.717) is 35.0 Å². The van der Waals surface area contributed by atoms with Crippen molar-refractivity contribution in [3.8, 4) is 11.5 Å². The molecule has 6 nitrogen and oxygen atoms in total. The van der Waals surface area contributed by atoms with Crippen LogP contribution in [-0.2, 0) is 27.2 Å². The van der Waals surface area contributed by atoms with Crippen LogP contribution in [0, 0.1) is 5.92 Å². The fourth-order valence-electron chi connectivity index (χ4n) is 3.28. The summed E-state index contributed by atoms with van der Waals surface area (Å²) in [6.07, 6.45) is 1.70. The van der Waals surface area contributed by atoms with E-state index in [-0.39, 0.29) is 23.3 Å². The first-order valence-electron chi connectivity index (χ1n) is 9.01. The van der Waals surface area contributed by atoms with Crippen LogP contribution in [0.4, 0.5) is 5.69 Å². The molecule has 8 heteroatoms. The Morgan fingerprint density at radius 2 is 1.59 bits per heavy atom. The van der Waals surface area contributed by atoms with Crippen molar-refractivity contribution in [1.82, 2.24) is 0 Å². The van der Waals surface area contributed by atoms with E-state index in [2.05, 4.69) is 5.32 Å². The van der Waals surface area contributed by atoms with Crippen LogP contribution in [0.25, 0.3) is 0 Å². The minimum absolute atomic E-state index is 0.155. The molecule has 1 aliphatic carbocycles. The van der Waals surface area contributed by atoms with E-state index in [1.54, 1.807) is 30.3 Å². The minimum Gasteiger partial charge on any atom is -0.423 e. The summed E-state index contributed by atoms with van der Waals surface area (Å²) in [7, 11) is 0. The maximum Gasteiger partial charge on any atom is 0.308 e. The monoisotopic (exact) mass is 435 g/mol. The van der Waals surface area contributed by atoms with E-state index < -0.39 is 11.9 Å². The lowest BCUT2D eigenvalue weighted by Crippen LogP contribution is -2.28. The Morgan fingerprint density at radius 1 is 0.966 bits per heavy atom. The van der Waals surface area contributed by atoms with Crippen LogP contribution >= 0.6 is 23.2 Å². The molecule has 1 unspecified atom stereocenters. The number of carbonyl (C=O) groups is 3. The first kappa shape index (κ1) is 21.1. The summed E-state index contributed by atoms with van der Waals surface area (Å²) in [5.74, 6) is -1.11. The number of nitrogens with one attached hydrogen (secondary N) is 1. The maximum absolute atomic E-state index is 12.7. The van der Waals surface area contributed by atoms with Gasteiger partial charge < -0.3 is 14.8 Å². The lowest BCUT2D eigenvalue weighted by Gasteiger charge is -2.25. The molecule has 0 saturated carbocycles. The molecule has 0 spiro atoms. The Balaban J connectivity index is 1.80. The number of hydrogen-bond acceptors (Lipinski definition) is 5. The molecule has 0 radical (unpaired) electrons. The van der Waals surface area contributed by atoms with Crippen LogP contribution in [0.5, 0.6) is 11.5 Å². The average molecular weight is 436 g/mol. The fourth-order valence-corrected chi connectivity index (χ4v) is 3.74. The molecule has 1 amide bonds. The average Bonchev–Trinajstić information content (AvgIpc) is 2.63. The molecule has 152 valence electrons. The Hall–Kier alpha value is -2.57. The number of amides is 1. The molecule has 1 N–H and O–H groups in total. The van der Waals surface area contributed by atoms with Gasteiger partial charge in [0.2, 0.25) is 5.91 Å². The number of esters is 2. The molecule has 2 aromatic rings. The number of fused-ring (bicyclic) bond motifs is 1. The predicted octanol–water partition coefficient (Wildman–Crippen LogP) is 4.59. The third-order valence-corrected chi connectivity index (χ3v) is 5.11. The Kier molecular flexibility index (Phi) is 6.45. The first-order chi connectivity index (χ1) is 13.7. The van der Waals surface area contributed by atoms with E-state index in [9.17, 15) is 14.4 Å². The fraction of sp³-hybridized carbons (Fsp3) is 0.286. The molecule has 0 bridgehead atoms. The number of benzene rings is 2. The number of rotatable bonds is 4. The zero-order valence-electron chi connectivity index (χ0n) is 15.9. The van der Waals surface area contributed by atoms with Gasteiger partial charge in [0.05, 0.1) is 10.7 Å². The van der Waals surface area contributed by atoms with Gasteiger partial charge in [-0.15, -0.1) is 0 Å². The summed E-state index contributed by atoms with van der Waals surface area (Å²) >= 11 is 12.0. The van der Waals surface area contributed by atoms with Crippen molar-refractivity contribution in [2.75, 3.05) is 5.32 Å². The highest BCUT2D eigenvalue weighted by Gasteiger charge is 2.27. The highest BCUT2D eigenvalue weighted by molar-refractivity contribution is 6.36. The summed E-state index contributed by atoms with van der Waals surface area (Å²) in [5.41, 5.74) is 2.31. The number of ether oxygens (including phenoxy) is 2. The largest absolute Gasteiger partial charge is 0.423 e. The van der Waals surface area contributed by atoms with Crippen LogP contribution < -0.4 is 14.8 Å². The molecule has 3 rings (SSSR count). The molecule has 0 heterocycles. The van der Waals surface area contributed by atoms with Crippen LogP contribution in [-0.4, -0.2) is 17.8 Å². The Bertz CT molecular complexity index is 989. The highest BCUT2D eigenvalue weighted by Crippen LogP contribution is 2.37. The summed E-state index contributed by atoms with van der Waals surface area (Å²) in [5, 5.41) is 3.69. The van der Waals surface area contributed by atoms with Gasteiger partial charge in [0.1, 0.15) is 0 Å². The number of anilines is 1. The van der Waals surface area contributed by atoms with Crippen molar-refractivity contribution in [1.29, 1.82) is 0 Å². The van der Waals surface area contributed by atoms with Gasteiger partial charge in [-0.2, -0.15) is 0 Å². The summed E-state index contributed by atoms with van der Waals surface area (Å²) in [4.78, 5) is 35.5. The number of halogens is 2. The van der Waals surface area contributed by atoms with Crippen LogP contribution in [0.3, 0.4) is 0 Å². The third-order valence-electron chi connectivity index (χ3n) is 4.56. The van der Waals surface area contributed by atoms with Crippen molar-refractivity contribution >= 4 is 46.7 Å². The van der Waals surface area contributed by atoms with Crippen molar-refractivity contribution in [2.24, 2.45) is 5.92 Å². The van der Waals surface area contributed by atoms with Crippen molar-refractivity contribution < 1.29 is 23.9 Å². The molecule has 0 aromatic heterocycles. The van der Waals surface area contributed by atoms with E-state index >= 15 is 0 Å². The number of aryl methyl sites for hydroxylation is 1. The molecule has 0 saturated heterocycles. The van der Waals surface area contributed by atoms with Gasteiger partial charge in [0.25, 0.3) is 0 Å². The van der Waals surface area contributed by atoms with Gasteiger partial charge in [-0.05, 0) is 60.7 Å². The van der Waals surface area contributed by atoms with E-state index in [1.807, 2.05) is 0 Å².